The van der Waals surface area contributed by atoms with Crippen molar-refractivity contribution in [3.8, 4) is 11.5 Å². The Morgan fingerprint density at radius 1 is 1.45 bits per heavy atom. The standard InChI is InChI=1S/C15H19NO4/c1-10(17)7-12-3-2-6-16(12)15(18)11-4-5-13-14(8-11)20-9-19-13/h4-5,8,10,12,17H,2-3,6-7,9H2,1H3. The summed E-state index contributed by atoms with van der Waals surface area (Å²) in [4.78, 5) is 14.5. The zero-order chi connectivity index (χ0) is 14.1. The summed E-state index contributed by atoms with van der Waals surface area (Å²) in [7, 11) is 0. The van der Waals surface area contributed by atoms with Gasteiger partial charge < -0.3 is 19.5 Å². The summed E-state index contributed by atoms with van der Waals surface area (Å²) in [5.41, 5.74) is 0.617. The number of benzene rings is 1. The Bertz CT molecular complexity index is 515. The second-order valence-corrected chi connectivity index (χ2v) is 5.45. The predicted molar refractivity (Wildman–Crippen MR) is 72.9 cm³/mol. The highest BCUT2D eigenvalue weighted by molar-refractivity contribution is 5.95. The van der Waals surface area contributed by atoms with Crippen molar-refractivity contribution in [3.05, 3.63) is 23.8 Å². The van der Waals surface area contributed by atoms with E-state index in [1.54, 1.807) is 25.1 Å². The Hall–Kier alpha value is -1.75. The normalized spacial score (nSPS) is 22.1. The Morgan fingerprint density at radius 3 is 3.05 bits per heavy atom. The van der Waals surface area contributed by atoms with E-state index in [4.69, 9.17) is 9.47 Å². The summed E-state index contributed by atoms with van der Waals surface area (Å²) in [6.07, 6.45) is 2.20. The molecule has 1 amide bonds. The number of amides is 1. The van der Waals surface area contributed by atoms with Crippen molar-refractivity contribution in [2.45, 2.75) is 38.3 Å². The molecule has 5 nitrogen and oxygen atoms in total. The average molecular weight is 277 g/mol. The number of fused-ring (bicyclic) bond motifs is 1. The van der Waals surface area contributed by atoms with Gasteiger partial charge >= 0.3 is 0 Å². The Kier molecular flexibility index (Phi) is 3.53. The summed E-state index contributed by atoms with van der Waals surface area (Å²) in [5, 5.41) is 9.54. The van der Waals surface area contributed by atoms with Crippen LogP contribution in [0.4, 0.5) is 0 Å². The molecule has 0 aliphatic carbocycles. The molecule has 0 radical (unpaired) electrons. The largest absolute Gasteiger partial charge is 0.454 e. The molecule has 1 N–H and O–H groups in total. The van der Waals surface area contributed by atoms with Gasteiger partial charge in [0, 0.05) is 18.2 Å². The van der Waals surface area contributed by atoms with Crippen molar-refractivity contribution in [1.29, 1.82) is 0 Å². The Balaban J connectivity index is 1.78. The summed E-state index contributed by atoms with van der Waals surface area (Å²) >= 11 is 0. The number of aliphatic hydroxyl groups excluding tert-OH is 1. The molecule has 3 rings (SSSR count). The molecule has 5 heteroatoms. The van der Waals surface area contributed by atoms with E-state index in [2.05, 4.69) is 0 Å². The third-order valence-corrected chi connectivity index (χ3v) is 3.87. The minimum Gasteiger partial charge on any atom is -0.454 e. The van der Waals surface area contributed by atoms with Gasteiger partial charge in [0.1, 0.15) is 0 Å². The third-order valence-electron chi connectivity index (χ3n) is 3.87. The van der Waals surface area contributed by atoms with Gasteiger partial charge in [-0.1, -0.05) is 0 Å². The van der Waals surface area contributed by atoms with Crippen LogP contribution in [0.3, 0.4) is 0 Å². The van der Waals surface area contributed by atoms with E-state index >= 15 is 0 Å². The predicted octanol–water partition coefficient (Wildman–Crippen LogP) is 1.79. The van der Waals surface area contributed by atoms with Gasteiger partial charge in [0.25, 0.3) is 5.91 Å². The highest BCUT2D eigenvalue weighted by atomic mass is 16.7. The Labute approximate surface area is 118 Å². The van der Waals surface area contributed by atoms with E-state index in [-0.39, 0.29) is 24.8 Å². The van der Waals surface area contributed by atoms with Gasteiger partial charge in [0.15, 0.2) is 11.5 Å². The van der Waals surface area contributed by atoms with Crippen molar-refractivity contribution >= 4 is 5.91 Å². The zero-order valence-corrected chi connectivity index (χ0v) is 11.5. The number of carbonyl (C=O) groups is 1. The molecule has 0 spiro atoms. The van der Waals surface area contributed by atoms with Crippen molar-refractivity contribution in [1.82, 2.24) is 4.90 Å². The molecule has 2 aliphatic rings. The van der Waals surface area contributed by atoms with Crippen LogP contribution in [-0.2, 0) is 0 Å². The first-order valence-corrected chi connectivity index (χ1v) is 7.04. The first-order valence-electron chi connectivity index (χ1n) is 7.04. The van der Waals surface area contributed by atoms with E-state index in [0.717, 1.165) is 19.4 Å². The van der Waals surface area contributed by atoms with Crippen LogP contribution >= 0.6 is 0 Å². The molecule has 2 heterocycles. The molecule has 0 bridgehead atoms. The molecule has 1 aromatic rings. The SMILES string of the molecule is CC(O)CC1CCCN1C(=O)c1ccc2c(c1)OCO2. The van der Waals surface area contributed by atoms with Crippen molar-refractivity contribution < 1.29 is 19.4 Å². The van der Waals surface area contributed by atoms with Crippen LogP contribution in [-0.4, -0.2) is 41.4 Å². The molecular weight excluding hydrogens is 258 g/mol. The quantitative estimate of drug-likeness (QED) is 0.915. The molecule has 2 unspecified atom stereocenters. The van der Waals surface area contributed by atoms with Gasteiger partial charge in [-0.05, 0) is 44.4 Å². The second kappa shape index (κ2) is 5.32. The van der Waals surface area contributed by atoms with Gasteiger partial charge in [-0.25, -0.2) is 0 Å². The third kappa shape index (κ3) is 2.45. The zero-order valence-electron chi connectivity index (χ0n) is 11.5. The van der Waals surface area contributed by atoms with Crippen LogP contribution in [0.1, 0.15) is 36.5 Å². The van der Waals surface area contributed by atoms with Gasteiger partial charge in [-0.15, -0.1) is 0 Å². The summed E-state index contributed by atoms with van der Waals surface area (Å²) in [6, 6.07) is 5.42. The molecule has 2 aliphatic heterocycles. The van der Waals surface area contributed by atoms with E-state index in [1.807, 2.05) is 4.90 Å². The van der Waals surface area contributed by atoms with Crippen molar-refractivity contribution in [3.63, 3.8) is 0 Å². The fourth-order valence-corrected chi connectivity index (χ4v) is 2.94. The lowest BCUT2D eigenvalue weighted by molar-refractivity contribution is 0.0681. The molecular formula is C15H19NO4. The van der Waals surface area contributed by atoms with E-state index in [0.29, 0.717) is 23.5 Å². The van der Waals surface area contributed by atoms with Crippen LogP contribution in [0.2, 0.25) is 0 Å². The van der Waals surface area contributed by atoms with Gasteiger partial charge in [-0.3, -0.25) is 4.79 Å². The summed E-state index contributed by atoms with van der Waals surface area (Å²) in [5.74, 6) is 1.32. The van der Waals surface area contributed by atoms with Crippen molar-refractivity contribution in [2.24, 2.45) is 0 Å². The second-order valence-electron chi connectivity index (χ2n) is 5.45. The smallest absolute Gasteiger partial charge is 0.254 e. The number of hydrogen-bond donors (Lipinski definition) is 1. The molecule has 0 saturated carbocycles. The fourth-order valence-electron chi connectivity index (χ4n) is 2.94. The van der Waals surface area contributed by atoms with Crippen LogP contribution in [0.5, 0.6) is 11.5 Å². The first-order chi connectivity index (χ1) is 9.65. The maximum absolute atomic E-state index is 12.6. The molecule has 20 heavy (non-hydrogen) atoms. The number of nitrogens with zero attached hydrogens (tertiary/aromatic N) is 1. The van der Waals surface area contributed by atoms with Gasteiger partial charge in [0.2, 0.25) is 6.79 Å². The molecule has 1 saturated heterocycles. The van der Waals surface area contributed by atoms with Crippen LogP contribution in [0, 0.1) is 0 Å². The fraction of sp³-hybridized carbons (Fsp3) is 0.533. The van der Waals surface area contributed by atoms with Gasteiger partial charge in [-0.2, -0.15) is 0 Å². The van der Waals surface area contributed by atoms with E-state index in [1.165, 1.54) is 0 Å². The van der Waals surface area contributed by atoms with Gasteiger partial charge in [0.05, 0.1) is 6.10 Å². The maximum atomic E-state index is 12.6. The lowest BCUT2D eigenvalue weighted by atomic mass is 10.1. The monoisotopic (exact) mass is 277 g/mol. The number of aliphatic hydroxyl groups is 1. The van der Waals surface area contributed by atoms with E-state index in [9.17, 15) is 9.90 Å². The maximum Gasteiger partial charge on any atom is 0.254 e. The molecule has 1 fully saturated rings. The number of carbonyl (C=O) groups excluding carboxylic acids is 1. The number of ether oxygens (including phenoxy) is 2. The number of rotatable bonds is 3. The van der Waals surface area contributed by atoms with Crippen LogP contribution in [0.15, 0.2) is 18.2 Å². The lowest BCUT2D eigenvalue weighted by Gasteiger charge is -2.25. The van der Waals surface area contributed by atoms with Crippen LogP contribution in [0.25, 0.3) is 0 Å². The summed E-state index contributed by atoms with van der Waals surface area (Å²) in [6.45, 7) is 2.73. The minimum absolute atomic E-state index is 0.00597. The van der Waals surface area contributed by atoms with E-state index < -0.39 is 0 Å². The molecule has 2 atom stereocenters. The van der Waals surface area contributed by atoms with Crippen LogP contribution < -0.4 is 9.47 Å². The molecule has 1 aromatic carbocycles. The molecule has 108 valence electrons. The lowest BCUT2D eigenvalue weighted by Crippen LogP contribution is -2.37. The average Bonchev–Trinajstić information content (AvgIpc) is 3.04. The highest BCUT2D eigenvalue weighted by Crippen LogP contribution is 2.33. The first kappa shape index (κ1) is 13.2. The topological polar surface area (TPSA) is 59.0 Å². The summed E-state index contributed by atoms with van der Waals surface area (Å²) < 4.78 is 10.6. The van der Waals surface area contributed by atoms with Crippen molar-refractivity contribution in [2.75, 3.05) is 13.3 Å². The number of likely N-dealkylation sites (tertiary alicyclic amines) is 1. The highest BCUT2D eigenvalue weighted by Gasteiger charge is 2.30. The number of hydrogen-bond acceptors (Lipinski definition) is 4. The Morgan fingerprint density at radius 2 is 2.25 bits per heavy atom. The molecule has 0 aromatic heterocycles. The minimum atomic E-state index is -0.384.